The van der Waals surface area contributed by atoms with Crippen LogP contribution in [0.15, 0.2) is 42.2 Å². The van der Waals surface area contributed by atoms with E-state index in [-0.39, 0.29) is 5.78 Å². The van der Waals surface area contributed by atoms with Gasteiger partial charge in [-0.25, -0.2) is 0 Å². The van der Waals surface area contributed by atoms with Crippen molar-refractivity contribution in [1.82, 2.24) is 0 Å². The molecule has 0 aromatic heterocycles. The molecular weight excluding hydrogens is 291 g/mol. The van der Waals surface area contributed by atoms with Gasteiger partial charge in [-0.2, -0.15) is 0 Å². The van der Waals surface area contributed by atoms with Gasteiger partial charge in [0.25, 0.3) is 0 Å². The maximum absolute atomic E-state index is 11.2. The standard InChI is InChI=1S/C15H18O2Se/c16-13-6-4-7-14(12-13)17-10-5-11-18-15-8-2-1-3-9-15/h1-3,8-9,12H,4-7,10-11H2. The Balaban J connectivity index is 1.60. The van der Waals surface area contributed by atoms with Crippen LogP contribution in [-0.4, -0.2) is 27.3 Å². The molecule has 3 heteroatoms. The predicted octanol–water partition coefficient (Wildman–Crippen LogP) is 2.48. The van der Waals surface area contributed by atoms with Gasteiger partial charge in [0.1, 0.15) is 0 Å². The van der Waals surface area contributed by atoms with Crippen molar-refractivity contribution in [2.75, 3.05) is 6.61 Å². The second-order valence-corrected chi connectivity index (χ2v) is 6.75. The van der Waals surface area contributed by atoms with E-state index in [1.807, 2.05) is 0 Å². The number of rotatable bonds is 6. The van der Waals surface area contributed by atoms with E-state index in [0.29, 0.717) is 21.4 Å². The number of carbonyl (C=O) groups excluding carboxylic acids is 1. The molecule has 0 fully saturated rings. The molecule has 0 aliphatic heterocycles. The molecule has 0 saturated heterocycles. The summed E-state index contributed by atoms with van der Waals surface area (Å²) in [6, 6.07) is 10.6. The average molecular weight is 309 g/mol. The molecule has 2 nitrogen and oxygen atoms in total. The Labute approximate surface area is 115 Å². The van der Waals surface area contributed by atoms with Crippen molar-refractivity contribution < 1.29 is 9.53 Å². The van der Waals surface area contributed by atoms with Crippen molar-refractivity contribution in [2.45, 2.75) is 31.0 Å². The zero-order valence-electron chi connectivity index (χ0n) is 10.4. The molecule has 2 rings (SSSR count). The SMILES string of the molecule is O=C1C=C(OCCC[Se]c2ccccc2)CCC1. The molecule has 0 atom stereocenters. The summed E-state index contributed by atoms with van der Waals surface area (Å²) in [5, 5.41) is 1.19. The van der Waals surface area contributed by atoms with Crippen molar-refractivity contribution in [3.63, 3.8) is 0 Å². The fraction of sp³-hybridized carbons (Fsp3) is 0.400. The minimum absolute atomic E-state index is 0.213. The van der Waals surface area contributed by atoms with E-state index in [0.717, 1.165) is 31.6 Å². The first-order chi connectivity index (χ1) is 8.84. The Morgan fingerprint density at radius 3 is 2.78 bits per heavy atom. The van der Waals surface area contributed by atoms with Gasteiger partial charge < -0.3 is 0 Å². The Hall–Kier alpha value is -1.05. The van der Waals surface area contributed by atoms with Gasteiger partial charge in [-0.15, -0.1) is 0 Å². The number of ether oxygens (including phenoxy) is 1. The van der Waals surface area contributed by atoms with Crippen molar-refractivity contribution >= 4 is 25.2 Å². The van der Waals surface area contributed by atoms with E-state index in [1.165, 1.54) is 9.78 Å². The average Bonchev–Trinajstić information content (AvgIpc) is 2.40. The maximum atomic E-state index is 11.2. The molecule has 0 bridgehead atoms. The van der Waals surface area contributed by atoms with Gasteiger partial charge in [-0.3, -0.25) is 0 Å². The molecule has 1 aliphatic rings. The molecule has 0 saturated carbocycles. The summed E-state index contributed by atoms with van der Waals surface area (Å²) in [6.45, 7) is 0.744. The normalized spacial score (nSPS) is 15.3. The van der Waals surface area contributed by atoms with Crippen LogP contribution in [0.5, 0.6) is 0 Å². The first kappa shape index (κ1) is 13.4. The monoisotopic (exact) mass is 310 g/mol. The zero-order valence-corrected chi connectivity index (χ0v) is 12.1. The van der Waals surface area contributed by atoms with E-state index in [1.54, 1.807) is 6.08 Å². The van der Waals surface area contributed by atoms with Crippen molar-refractivity contribution in [1.29, 1.82) is 0 Å². The van der Waals surface area contributed by atoms with Crippen LogP contribution in [-0.2, 0) is 9.53 Å². The molecule has 1 aliphatic carbocycles. The quantitative estimate of drug-likeness (QED) is 0.596. The second kappa shape index (κ2) is 7.40. The van der Waals surface area contributed by atoms with Crippen LogP contribution in [0.4, 0.5) is 0 Å². The van der Waals surface area contributed by atoms with Gasteiger partial charge in [0, 0.05) is 0 Å². The number of hydrogen-bond acceptors (Lipinski definition) is 2. The summed E-state index contributed by atoms with van der Waals surface area (Å²) in [6.07, 6.45) is 5.30. The molecule has 1 aromatic rings. The summed E-state index contributed by atoms with van der Waals surface area (Å²) in [7, 11) is 0. The molecule has 0 amide bonds. The number of carbonyl (C=O) groups is 1. The van der Waals surface area contributed by atoms with Gasteiger partial charge in [0.15, 0.2) is 0 Å². The van der Waals surface area contributed by atoms with E-state index in [4.69, 9.17) is 4.74 Å². The number of benzene rings is 1. The van der Waals surface area contributed by atoms with Crippen LogP contribution in [0.25, 0.3) is 0 Å². The van der Waals surface area contributed by atoms with Crippen LogP contribution in [0.3, 0.4) is 0 Å². The van der Waals surface area contributed by atoms with Crippen LogP contribution in [0, 0.1) is 0 Å². The Bertz CT molecular complexity index is 412. The molecule has 1 aromatic carbocycles. The molecule has 0 N–H and O–H groups in total. The molecule has 18 heavy (non-hydrogen) atoms. The topological polar surface area (TPSA) is 26.3 Å². The van der Waals surface area contributed by atoms with E-state index >= 15 is 0 Å². The predicted molar refractivity (Wildman–Crippen MR) is 74.1 cm³/mol. The number of allylic oxidation sites excluding steroid dienone is 2. The third-order valence-corrected chi connectivity index (χ3v) is 5.06. The molecule has 0 spiro atoms. The third-order valence-electron chi connectivity index (χ3n) is 2.76. The van der Waals surface area contributed by atoms with Gasteiger partial charge >= 0.3 is 115 Å². The van der Waals surface area contributed by atoms with Gasteiger partial charge in [-0.05, 0) is 0 Å². The van der Waals surface area contributed by atoms with Crippen molar-refractivity contribution in [3.8, 4) is 0 Å². The summed E-state index contributed by atoms with van der Waals surface area (Å²) in [5.41, 5.74) is 0. The Kier molecular flexibility index (Phi) is 5.50. The fourth-order valence-corrected chi connectivity index (χ4v) is 3.62. The summed E-state index contributed by atoms with van der Waals surface area (Å²) >= 11 is 0.543. The first-order valence-electron chi connectivity index (χ1n) is 6.38. The van der Waals surface area contributed by atoms with Gasteiger partial charge in [-0.1, -0.05) is 0 Å². The van der Waals surface area contributed by atoms with Crippen LogP contribution in [0.1, 0.15) is 25.7 Å². The van der Waals surface area contributed by atoms with Crippen molar-refractivity contribution in [2.24, 2.45) is 0 Å². The van der Waals surface area contributed by atoms with Crippen LogP contribution in [0.2, 0.25) is 5.32 Å². The van der Waals surface area contributed by atoms with Crippen LogP contribution < -0.4 is 4.46 Å². The zero-order chi connectivity index (χ0) is 12.6. The molecule has 0 unspecified atom stereocenters. The number of hydrogen-bond donors (Lipinski definition) is 0. The molecule has 0 heterocycles. The van der Waals surface area contributed by atoms with Gasteiger partial charge in [0.05, 0.1) is 0 Å². The van der Waals surface area contributed by atoms with Crippen LogP contribution >= 0.6 is 0 Å². The van der Waals surface area contributed by atoms with E-state index in [2.05, 4.69) is 30.3 Å². The van der Waals surface area contributed by atoms with Crippen molar-refractivity contribution in [3.05, 3.63) is 42.2 Å². The first-order valence-corrected chi connectivity index (χ1v) is 8.45. The molecular formula is C15H18O2Se. The van der Waals surface area contributed by atoms with E-state index < -0.39 is 0 Å². The van der Waals surface area contributed by atoms with E-state index in [9.17, 15) is 4.79 Å². The second-order valence-electron chi connectivity index (χ2n) is 4.29. The third kappa shape index (κ3) is 4.67. The Morgan fingerprint density at radius 1 is 1.17 bits per heavy atom. The Morgan fingerprint density at radius 2 is 2.00 bits per heavy atom. The number of ketones is 1. The summed E-state index contributed by atoms with van der Waals surface area (Å²) in [4.78, 5) is 11.2. The fourth-order valence-electron chi connectivity index (χ4n) is 1.84. The molecule has 96 valence electrons. The molecule has 0 radical (unpaired) electrons. The summed E-state index contributed by atoms with van der Waals surface area (Å²) in [5.74, 6) is 1.10. The van der Waals surface area contributed by atoms with Gasteiger partial charge in [0.2, 0.25) is 0 Å². The summed E-state index contributed by atoms with van der Waals surface area (Å²) < 4.78 is 7.08. The minimum atomic E-state index is 0.213.